The summed E-state index contributed by atoms with van der Waals surface area (Å²) < 4.78 is 0. The molecule has 0 aliphatic heterocycles. The zero-order valence-electron chi connectivity index (χ0n) is 9.68. The number of nitrogens with two attached hydrogens (primary N) is 1. The van der Waals surface area contributed by atoms with Gasteiger partial charge in [-0.2, -0.15) is 0 Å². The van der Waals surface area contributed by atoms with E-state index < -0.39 is 18.1 Å². The molecule has 0 heterocycles. The molecule has 0 spiro atoms. The molecule has 5 heteroatoms. The lowest BCUT2D eigenvalue weighted by atomic mass is 9.96. The van der Waals surface area contributed by atoms with E-state index in [9.17, 15) is 19.8 Å². The molecule has 1 amide bonds. The fourth-order valence-electron chi connectivity index (χ4n) is 1.50. The SMILES string of the molecule is CC(=O)c1ccc(C)c(C(O)C(O)C(N)=O)c1. The van der Waals surface area contributed by atoms with Gasteiger partial charge in [-0.25, -0.2) is 0 Å². The van der Waals surface area contributed by atoms with E-state index in [1.165, 1.54) is 13.0 Å². The van der Waals surface area contributed by atoms with Crippen LogP contribution in [0, 0.1) is 6.92 Å². The van der Waals surface area contributed by atoms with Gasteiger partial charge in [-0.3, -0.25) is 9.59 Å². The van der Waals surface area contributed by atoms with Gasteiger partial charge in [-0.05, 0) is 31.0 Å². The van der Waals surface area contributed by atoms with Crippen molar-refractivity contribution in [2.75, 3.05) is 0 Å². The summed E-state index contributed by atoms with van der Waals surface area (Å²) >= 11 is 0. The van der Waals surface area contributed by atoms with Crippen LogP contribution in [0.2, 0.25) is 0 Å². The van der Waals surface area contributed by atoms with E-state index in [0.717, 1.165) is 0 Å². The molecule has 5 nitrogen and oxygen atoms in total. The lowest BCUT2D eigenvalue weighted by Crippen LogP contribution is -2.34. The Bertz CT molecular complexity index is 456. The standard InChI is InChI=1S/C12H15NO4/c1-6-3-4-8(7(2)14)5-9(6)10(15)11(16)12(13)17/h3-5,10-11,15-16H,1-2H3,(H2,13,17). The molecule has 17 heavy (non-hydrogen) atoms. The van der Waals surface area contributed by atoms with Crippen molar-refractivity contribution in [3.8, 4) is 0 Å². The minimum Gasteiger partial charge on any atom is -0.385 e. The van der Waals surface area contributed by atoms with Gasteiger partial charge in [0.15, 0.2) is 11.9 Å². The van der Waals surface area contributed by atoms with Crippen molar-refractivity contribution < 1.29 is 19.8 Å². The highest BCUT2D eigenvalue weighted by atomic mass is 16.3. The first kappa shape index (κ1) is 13.3. The number of amides is 1. The smallest absolute Gasteiger partial charge is 0.249 e. The van der Waals surface area contributed by atoms with Crippen LogP contribution in [-0.4, -0.2) is 28.0 Å². The van der Waals surface area contributed by atoms with Gasteiger partial charge in [0, 0.05) is 5.56 Å². The predicted octanol–water partition coefficient (Wildman–Crippen LogP) is 0.0772. The molecule has 0 fully saturated rings. The van der Waals surface area contributed by atoms with Crippen LogP contribution >= 0.6 is 0 Å². The second-order valence-corrected chi connectivity index (χ2v) is 3.92. The van der Waals surface area contributed by atoms with Crippen LogP contribution < -0.4 is 5.73 Å². The lowest BCUT2D eigenvalue weighted by molar-refractivity contribution is -0.132. The Hall–Kier alpha value is -1.72. The van der Waals surface area contributed by atoms with Gasteiger partial charge in [-0.1, -0.05) is 12.1 Å². The molecular weight excluding hydrogens is 222 g/mol. The van der Waals surface area contributed by atoms with Crippen molar-refractivity contribution in [3.63, 3.8) is 0 Å². The topological polar surface area (TPSA) is 101 Å². The van der Waals surface area contributed by atoms with Crippen LogP contribution in [0.1, 0.15) is 34.5 Å². The van der Waals surface area contributed by atoms with E-state index in [-0.39, 0.29) is 5.78 Å². The Balaban J connectivity index is 3.16. The number of aliphatic hydroxyl groups is 2. The quantitative estimate of drug-likeness (QED) is 0.645. The number of hydrogen-bond donors (Lipinski definition) is 3. The molecule has 0 aromatic heterocycles. The first-order chi connectivity index (χ1) is 7.84. The molecule has 2 unspecified atom stereocenters. The second kappa shape index (κ2) is 5.07. The lowest BCUT2D eigenvalue weighted by Gasteiger charge is -2.17. The number of aliphatic hydroxyl groups excluding tert-OH is 2. The molecule has 0 saturated heterocycles. The van der Waals surface area contributed by atoms with Gasteiger partial charge in [0.1, 0.15) is 6.10 Å². The minimum atomic E-state index is -1.68. The number of primary amides is 1. The Morgan fingerprint density at radius 1 is 1.29 bits per heavy atom. The first-order valence-electron chi connectivity index (χ1n) is 5.11. The van der Waals surface area contributed by atoms with Gasteiger partial charge in [-0.15, -0.1) is 0 Å². The van der Waals surface area contributed by atoms with Crippen LogP contribution in [0.15, 0.2) is 18.2 Å². The third-order valence-electron chi connectivity index (χ3n) is 2.59. The molecule has 0 bridgehead atoms. The highest BCUT2D eigenvalue weighted by Gasteiger charge is 2.25. The van der Waals surface area contributed by atoms with Crippen LogP contribution in [-0.2, 0) is 4.79 Å². The third kappa shape index (κ3) is 2.89. The van der Waals surface area contributed by atoms with E-state index in [0.29, 0.717) is 16.7 Å². The Morgan fingerprint density at radius 3 is 2.35 bits per heavy atom. The molecular formula is C12H15NO4. The fourth-order valence-corrected chi connectivity index (χ4v) is 1.50. The monoisotopic (exact) mass is 237 g/mol. The summed E-state index contributed by atoms with van der Waals surface area (Å²) in [5.74, 6) is -1.17. The maximum absolute atomic E-state index is 11.2. The number of hydrogen-bond acceptors (Lipinski definition) is 4. The summed E-state index contributed by atoms with van der Waals surface area (Å²) in [5, 5.41) is 19.2. The van der Waals surface area contributed by atoms with Crippen LogP contribution in [0.5, 0.6) is 0 Å². The van der Waals surface area contributed by atoms with E-state index >= 15 is 0 Å². The number of ketones is 1. The maximum Gasteiger partial charge on any atom is 0.249 e. The average Bonchev–Trinajstić information content (AvgIpc) is 2.27. The molecule has 2 atom stereocenters. The molecule has 1 aromatic rings. The molecule has 92 valence electrons. The summed E-state index contributed by atoms with van der Waals surface area (Å²) in [5.41, 5.74) is 6.30. The molecule has 4 N–H and O–H groups in total. The highest BCUT2D eigenvalue weighted by Crippen LogP contribution is 2.22. The molecule has 0 radical (unpaired) electrons. The molecule has 1 rings (SSSR count). The zero-order chi connectivity index (χ0) is 13.2. The number of aryl methyl sites for hydroxylation is 1. The van der Waals surface area contributed by atoms with Crippen molar-refractivity contribution in [3.05, 3.63) is 34.9 Å². The third-order valence-corrected chi connectivity index (χ3v) is 2.59. The molecule has 0 saturated carbocycles. The number of Topliss-reactive ketones (excluding diaryl/α,β-unsaturated/α-hetero) is 1. The van der Waals surface area contributed by atoms with E-state index in [4.69, 9.17) is 5.73 Å². The summed E-state index contributed by atoms with van der Waals surface area (Å²) in [6, 6.07) is 4.71. The van der Waals surface area contributed by atoms with Crippen LogP contribution in [0.3, 0.4) is 0 Å². The number of benzene rings is 1. The van der Waals surface area contributed by atoms with E-state index in [1.54, 1.807) is 19.1 Å². The zero-order valence-corrected chi connectivity index (χ0v) is 9.68. The number of rotatable bonds is 4. The summed E-state index contributed by atoms with van der Waals surface area (Å²) in [6.45, 7) is 3.10. The van der Waals surface area contributed by atoms with E-state index in [1.807, 2.05) is 0 Å². The first-order valence-corrected chi connectivity index (χ1v) is 5.11. The fraction of sp³-hybridized carbons (Fsp3) is 0.333. The van der Waals surface area contributed by atoms with Gasteiger partial charge in [0.25, 0.3) is 0 Å². The second-order valence-electron chi connectivity index (χ2n) is 3.92. The molecule has 1 aromatic carbocycles. The Morgan fingerprint density at radius 2 is 1.88 bits per heavy atom. The molecule has 0 aliphatic rings. The van der Waals surface area contributed by atoms with Crippen LogP contribution in [0.4, 0.5) is 0 Å². The normalized spacial score (nSPS) is 14.1. The van der Waals surface area contributed by atoms with Gasteiger partial charge in [0.2, 0.25) is 5.91 Å². The largest absolute Gasteiger partial charge is 0.385 e. The Kier molecular flexibility index (Phi) is 3.98. The van der Waals surface area contributed by atoms with Gasteiger partial charge >= 0.3 is 0 Å². The van der Waals surface area contributed by atoms with Crippen LogP contribution in [0.25, 0.3) is 0 Å². The summed E-state index contributed by atoms with van der Waals surface area (Å²) in [4.78, 5) is 22.0. The number of carbonyl (C=O) groups is 2. The van der Waals surface area contributed by atoms with Crippen molar-refractivity contribution in [1.82, 2.24) is 0 Å². The van der Waals surface area contributed by atoms with Crippen molar-refractivity contribution >= 4 is 11.7 Å². The summed E-state index contributed by atoms with van der Waals surface area (Å²) in [6.07, 6.45) is -3.11. The maximum atomic E-state index is 11.2. The van der Waals surface area contributed by atoms with E-state index in [2.05, 4.69) is 0 Å². The van der Waals surface area contributed by atoms with Crippen molar-refractivity contribution in [2.45, 2.75) is 26.1 Å². The molecule has 0 aliphatic carbocycles. The average molecular weight is 237 g/mol. The highest BCUT2D eigenvalue weighted by molar-refractivity contribution is 5.94. The number of carbonyl (C=O) groups excluding carboxylic acids is 2. The minimum absolute atomic E-state index is 0.160. The van der Waals surface area contributed by atoms with Gasteiger partial charge in [0.05, 0.1) is 0 Å². The summed E-state index contributed by atoms with van der Waals surface area (Å²) in [7, 11) is 0. The van der Waals surface area contributed by atoms with Crippen molar-refractivity contribution in [1.29, 1.82) is 0 Å². The predicted molar refractivity (Wildman–Crippen MR) is 61.3 cm³/mol. The van der Waals surface area contributed by atoms with Gasteiger partial charge < -0.3 is 15.9 Å². The Labute approximate surface area is 98.9 Å². The van der Waals surface area contributed by atoms with Crippen molar-refractivity contribution in [2.24, 2.45) is 5.73 Å².